The van der Waals surface area contributed by atoms with Crippen molar-refractivity contribution in [3.05, 3.63) is 30.2 Å². The second-order valence-corrected chi connectivity index (χ2v) is 3.96. The van der Waals surface area contributed by atoms with Gasteiger partial charge in [0, 0.05) is 31.5 Å². The van der Waals surface area contributed by atoms with Gasteiger partial charge in [-0.2, -0.15) is 0 Å². The van der Waals surface area contributed by atoms with Crippen LogP contribution in [0.4, 0.5) is 0 Å². The molecule has 17 heavy (non-hydrogen) atoms. The highest BCUT2D eigenvalue weighted by molar-refractivity contribution is 6.18. The summed E-state index contributed by atoms with van der Waals surface area (Å²) < 4.78 is 1.91. The molecule has 2 heterocycles. The van der Waals surface area contributed by atoms with E-state index in [4.69, 9.17) is 11.6 Å². The first-order chi connectivity index (χ1) is 8.31. The van der Waals surface area contributed by atoms with Crippen molar-refractivity contribution in [2.24, 2.45) is 0 Å². The van der Waals surface area contributed by atoms with Crippen molar-refractivity contribution in [2.45, 2.75) is 12.8 Å². The Balaban J connectivity index is 1.93. The van der Waals surface area contributed by atoms with Gasteiger partial charge in [-0.15, -0.1) is 21.8 Å². The van der Waals surface area contributed by atoms with Crippen LogP contribution < -0.4 is 5.32 Å². The maximum absolute atomic E-state index is 11.2. The van der Waals surface area contributed by atoms with E-state index >= 15 is 0 Å². The summed E-state index contributed by atoms with van der Waals surface area (Å²) in [5, 5.41) is 10.9. The van der Waals surface area contributed by atoms with E-state index in [1.165, 1.54) is 0 Å². The Labute approximate surface area is 104 Å². The lowest BCUT2D eigenvalue weighted by Gasteiger charge is -2.02. The molecular formula is C11H13ClN4O. The molecule has 0 radical (unpaired) electrons. The van der Waals surface area contributed by atoms with Crippen molar-refractivity contribution < 1.29 is 4.79 Å². The van der Waals surface area contributed by atoms with Crippen LogP contribution in [0.3, 0.4) is 0 Å². The maximum Gasteiger partial charge on any atom is 0.221 e. The van der Waals surface area contributed by atoms with Gasteiger partial charge in [0.05, 0.1) is 0 Å². The molecule has 0 bridgehead atoms. The van der Waals surface area contributed by atoms with E-state index in [2.05, 4.69) is 15.5 Å². The van der Waals surface area contributed by atoms with E-state index in [1.807, 2.05) is 28.8 Å². The highest BCUT2D eigenvalue weighted by Crippen LogP contribution is 2.02. The summed E-state index contributed by atoms with van der Waals surface area (Å²) in [6, 6.07) is 5.73. The number of nitrogens with one attached hydrogen (secondary N) is 1. The van der Waals surface area contributed by atoms with Gasteiger partial charge in [0.1, 0.15) is 5.82 Å². The lowest BCUT2D eigenvalue weighted by atomic mass is 10.3. The predicted octanol–water partition coefficient (Wildman–Crippen LogP) is 1.02. The molecule has 90 valence electrons. The van der Waals surface area contributed by atoms with Crippen molar-refractivity contribution in [1.29, 1.82) is 0 Å². The van der Waals surface area contributed by atoms with Gasteiger partial charge in [0.15, 0.2) is 5.65 Å². The van der Waals surface area contributed by atoms with E-state index in [9.17, 15) is 4.79 Å². The summed E-state index contributed by atoms with van der Waals surface area (Å²) in [7, 11) is 0. The minimum atomic E-state index is -0.0335. The third-order valence-electron chi connectivity index (χ3n) is 2.38. The van der Waals surface area contributed by atoms with Gasteiger partial charge in [-0.05, 0) is 12.1 Å². The molecule has 0 atom stereocenters. The number of hydrogen-bond acceptors (Lipinski definition) is 3. The van der Waals surface area contributed by atoms with Gasteiger partial charge in [-0.3, -0.25) is 9.20 Å². The second-order valence-electron chi connectivity index (χ2n) is 3.58. The van der Waals surface area contributed by atoms with Crippen LogP contribution in [-0.4, -0.2) is 32.9 Å². The Morgan fingerprint density at radius 2 is 2.29 bits per heavy atom. The summed E-state index contributed by atoms with van der Waals surface area (Å²) in [5.41, 5.74) is 0.814. The van der Waals surface area contributed by atoms with Crippen molar-refractivity contribution in [1.82, 2.24) is 19.9 Å². The lowest BCUT2D eigenvalue weighted by molar-refractivity contribution is -0.120. The number of aromatic nitrogens is 3. The molecule has 6 heteroatoms. The fourth-order valence-corrected chi connectivity index (χ4v) is 1.72. The number of halogens is 1. The predicted molar refractivity (Wildman–Crippen MR) is 65.0 cm³/mol. The topological polar surface area (TPSA) is 59.3 Å². The van der Waals surface area contributed by atoms with Gasteiger partial charge in [-0.1, -0.05) is 6.07 Å². The van der Waals surface area contributed by atoms with Crippen LogP contribution in [-0.2, 0) is 11.2 Å². The molecule has 2 rings (SSSR count). The lowest BCUT2D eigenvalue weighted by Crippen LogP contribution is -2.26. The molecule has 0 aromatic carbocycles. The van der Waals surface area contributed by atoms with E-state index < -0.39 is 0 Å². The average Bonchev–Trinajstić information content (AvgIpc) is 2.73. The Kier molecular flexibility index (Phi) is 3.93. The molecule has 2 aromatic rings. The van der Waals surface area contributed by atoms with Gasteiger partial charge in [-0.25, -0.2) is 0 Å². The Morgan fingerprint density at radius 1 is 1.41 bits per heavy atom. The van der Waals surface area contributed by atoms with Crippen LogP contribution >= 0.6 is 11.6 Å². The summed E-state index contributed by atoms with van der Waals surface area (Å²) >= 11 is 5.47. The second kappa shape index (κ2) is 5.63. The zero-order valence-electron chi connectivity index (χ0n) is 9.27. The molecule has 0 unspecified atom stereocenters. The molecule has 0 aliphatic heterocycles. The van der Waals surface area contributed by atoms with Crippen LogP contribution in [0.1, 0.15) is 12.2 Å². The first-order valence-electron chi connectivity index (χ1n) is 5.42. The van der Waals surface area contributed by atoms with Crippen LogP contribution in [0.15, 0.2) is 24.4 Å². The normalized spacial score (nSPS) is 10.6. The quantitative estimate of drug-likeness (QED) is 0.809. The summed E-state index contributed by atoms with van der Waals surface area (Å²) in [4.78, 5) is 11.2. The molecule has 1 amide bonds. The van der Waals surface area contributed by atoms with Crippen LogP contribution in [0.2, 0.25) is 0 Å². The fraction of sp³-hybridized carbons (Fsp3) is 0.364. The highest BCUT2D eigenvalue weighted by Gasteiger charge is 2.05. The fourth-order valence-electron chi connectivity index (χ4n) is 1.55. The Morgan fingerprint density at radius 3 is 3.12 bits per heavy atom. The van der Waals surface area contributed by atoms with E-state index in [-0.39, 0.29) is 5.91 Å². The molecule has 2 aromatic heterocycles. The molecule has 5 nitrogen and oxygen atoms in total. The number of alkyl halides is 1. The van der Waals surface area contributed by atoms with Crippen molar-refractivity contribution in [3.8, 4) is 0 Å². The first-order valence-corrected chi connectivity index (χ1v) is 5.96. The standard InChI is InChI=1S/C11H13ClN4O/c12-6-4-11(17)13-7-5-10-15-14-9-3-1-2-8-16(9)10/h1-3,8H,4-7H2,(H,13,17). The first kappa shape index (κ1) is 11.9. The monoisotopic (exact) mass is 252 g/mol. The third-order valence-corrected chi connectivity index (χ3v) is 2.57. The summed E-state index contributed by atoms with van der Waals surface area (Å²) in [6.45, 7) is 0.547. The van der Waals surface area contributed by atoms with Crippen LogP contribution in [0.5, 0.6) is 0 Å². The number of pyridine rings is 1. The zero-order chi connectivity index (χ0) is 12.1. The number of fused-ring (bicyclic) bond motifs is 1. The molecule has 0 saturated heterocycles. The van der Waals surface area contributed by atoms with E-state index in [1.54, 1.807) is 0 Å². The van der Waals surface area contributed by atoms with E-state index in [0.29, 0.717) is 25.3 Å². The molecule has 0 aliphatic rings. The van der Waals surface area contributed by atoms with Crippen molar-refractivity contribution in [3.63, 3.8) is 0 Å². The summed E-state index contributed by atoms with van der Waals surface area (Å²) in [6.07, 6.45) is 2.91. The minimum Gasteiger partial charge on any atom is -0.356 e. The smallest absolute Gasteiger partial charge is 0.221 e. The summed E-state index contributed by atoms with van der Waals surface area (Å²) in [5.74, 6) is 1.15. The van der Waals surface area contributed by atoms with Gasteiger partial charge in [0.25, 0.3) is 0 Å². The third kappa shape index (κ3) is 2.94. The number of rotatable bonds is 5. The Hall–Kier alpha value is -1.62. The molecular weight excluding hydrogens is 240 g/mol. The molecule has 1 N–H and O–H groups in total. The molecule has 0 fully saturated rings. The number of nitrogens with zero attached hydrogens (tertiary/aromatic N) is 3. The highest BCUT2D eigenvalue weighted by atomic mass is 35.5. The number of amides is 1. The molecule has 0 aliphatic carbocycles. The number of carbonyl (C=O) groups excluding carboxylic acids is 1. The minimum absolute atomic E-state index is 0.0335. The van der Waals surface area contributed by atoms with Gasteiger partial charge in [0.2, 0.25) is 5.91 Å². The van der Waals surface area contributed by atoms with Crippen LogP contribution in [0, 0.1) is 0 Å². The van der Waals surface area contributed by atoms with E-state index in [0.717, 1.165) is 11.5 Å². The Bertz CT molecular complexity index is 511. The van der Waals surface area contributed by atoms with Gasteiger partial charge >= 0.3 is 0 Å². The SMILES string of the molecule is O=C(CCCl)NCCc1nnc2ccccn12. The molecule has 0 saturated carbocycles. The van der Waals surface area contributed by atoms with Gasteiger partial charge < -0.3 is 5.32 Å². The van der Waals surface area contributed by atoms with Crippen molar-refractivity contribution >= 4 is 23.2 Å². The number of carbonyl (C=O) groups is 1. The van der Waals surface area contributed by atoms with Crippen LogP contribution in [0.25, 0.3) is 5.65 Å². The average molecular weight is 253 g/mol. The zero-order valence-corrected chi connectivity index (χ0v) is 10.0. The largest absolute Gasteiger partial charge is 0.356 e. The maximum atomic E-state index is 11.2. The molecule has 0 spiro atoms. The van der Waals surface area contributed by atoms with Crippen molar-refractivity contribution in [2.75, 3.05) is 12.4 Å². The number of hydrogen-bond donors (Lipinski definition) is 1.